The van der Waals surface area contributed by atoms with Crippen molar-refractivity contribution in [1.82, 2.24) is 25.8 Å². The molecule has 0 spiro atoms. The lowest BCUT2D eigenvalue weighted by atomic mass is 9.95. The molecule has 11 heteroatoms. The van der Waals surface area contributed by atoms with Crippen molar-refractivity contribution in [3.63, 3.8) is 0 Å². The molecule has 0 saturated heterocycles. The van der Waals surface area contributed by atoms with Crippen molar-refractivity contribution in [2.45, 2.75) is 90.6 Å². The molecular formula is C38H49N5O4S2. The molecule has 3 atom stereocenters. The van der Waals surface area contributed by atoms with Gasteiger partial charge in [-0.05, 0) is 54.2 Å². The van der Waals surface area contributed by atoms with E-state index in [1.807, 2.05) is 97.4 Å². The van der Waals surface area contributed by atoms with Crippen LogP contribution in [-0.4, -0.2) is 53.1 Å². The third kappa shape index (κ3) is 12.6. The number of nitrogens with one attached hydrogen (secondary N) is 3. The summed E-state index contributed by atoms with van der Waals surface area (Å²) in [5.74, 6) is -0.0612. The third-order valence-electron chi connectivity index (χ3n) is 8.14. The number of hydrogen-bond donors (Lipinski definition) is 3. The second kappa shape index (κ2) is 19.1. The van der Waals surface area contributed by atoms with Crippen LogP contribution in [0.2, 0.25) is 0 Å². The minimum absolute atomic E-state index is 0.146. The predicted octanol–water partition coefficient (Wildman–Crippen LogP) is 7.54. The van der Waals surface area contributed by atoms with E-state index in [4.69, 9.17) is 4.74 Å². The molecule has 4 amide bonds. The number of urea groups is 1. The smallest absolute Gasteiger partial charge is 0.407 e. The van der Waals surface area contributed by atoms with E-state index in [-0.39, 0.29) is 36.5 Å². The van der Waals surface area contributed by atoms with E-state index in [0.717, 1.165) is 26.7 Å². The van der Waals surface area contributed by atoms with Crippen LogP contribution in [0, 0.1) is 5.92 Å². The second-order valence-corrected chi connectivity index (χ2v) is 14.9. The van der Waals surface area contributed by atoms with Crippen molar-refractivity contribution >= 4 is 40.7 Å². The number of carbonyl (C=O) groups excluding carboxylic acids is 3. The highest BCUT2D eigenvalue weighted by atomic mass is 32.1. The molecule has 0 aliphatic carbocycles. The van der Waals surface area contributed by atoms with Gasteiger partial charge in [-0.1, -0.05) is 94.4 Å². The Hall–Kier alpha value is -4.22. The largest absolute Gasteiger partial charge is 0.444 e. The SMILES string of the molecule is CC(C)c1nc(CN(C)C(=O)N[C@H](C(=O)N[C@H](CC[C@H](Cc2ccccc2)NC(=O)OCc2cccs2)Cc2ccccc2)C(C)C)cs1. The van der Waals surface area contributed by atoms with Gasteiger partial charge in [0.15, 0.2) is 0 Å². The Morgan fingerprint density at radius 1 is 0.796 bits per heavy atom. The first kappa shape index (κ1) is 37.6. The highest BCUT2D eigenvalue weighted by molar-refractivity contribution is 7.10. The standard InChI is InChI=1S/C38H49N5O4S2/c1-26(2)34(42-37(45)43(5)23-32-25-49-36(40-32)27(3)4)35(44)39-30(21-28-13-8-6-9-14-28)18-19-31(22-29-15-10-7-11-16-29)41-38(46)47-24-33-17-12-20-48-33/h6-17,20,25-27,30-31,34H,18-19,21-24H2,1-5H3,(H,39,44)(H,41,46)(H,42,45)/t30-,31-,34+/m1/s1. The topological polar surface area (TPSA) is 113 Å². The van der Waals surface area contributed by atoms with Crippen LogP contribution in [0.5, 0.6) is 0 Å². The number of nitrogens with zero attached hydrogens (tertiary/aromatic N) is 2. The van der Waals surface area contributed by atoms with Crippen LogP contribution in [0.3, 0.4) is 0 Å². The van der Waals surface area contributed by atoms with Crippen molar-refractivity contribution in [1.29, 1.82) is 0 Å². The molecule has 4 aromatic rings. The first-order valence-corrected chi connectivity index (χ1v) is 18.6. The van der Waals surface area contributed by atoms with E-state index in [0.29, 0.717) is 38.1 Å². The van der Waals surface area contributed by atoms with Gasteiger partial charge in [0.05, 0.1) is 17.2 Å². The Labute approximate surface area is 298 Å². The Bertz CT molecular complexity index is 1580. The first-order valence-electron chi connectivity index (χ1n) is 16.9. The highest BCUT2D eigenvalue weighted by Gasteiger charge is 2.28. The molecular weight excluding hydrogens is 655 g/mol. The molecule has 0 fully saturated rings. The van der Waals surface area contributed by atoms with E-state index >= 15 is 0 Å². The number of benzene rings is 2. The third-order valence-corrected chi connectivity index (χ3v) is 10.2. The summed E-state index contributed by atoms with van der Waals surface area (Å²) in [5.41, 5.74) is 3.01. The number of carbonyl (C=O) groups is 3. The number of hydrogen-bond acceptors (Lipinski definition) is 7. The van der Waals surface area contributed by atoms with Crippen LogP contribution >= 0.6 is 22.7 Å². The minimum atomic E-state index is -0.736. The summed E-state index contributed by atoms with van der Waals surface area (Å²) in [6.07, 6.45) is 1.96. The van der Waals surface area contributed by atoms with Crippen LogP contribution in [0.15, 0.2) is 83.6 Å². The molecule has 3 N–H and O–H groups in total. The average Bonchev–Trinajstić information content (AvgIpc) is 3.78. The van der Waals surface area contributed by atoms with Gasteiger partial charge in [0.1, 0.15) is 12.6 Å². The van der Waals surface area contributed by atoms with Crippen LogP contribution in [0.1, 0.15) is 73.2 Å². The lowest BCUT2D eigenvalue weighted by Crippen LogP contribution is -2.54. The van der Waals surface area contributed by atoms with Gasteiger partial charge >= 0.3 is 12.1 Å². The van der Waals surface area contributed by atoms with E-state index in [1.165, 1.54) is 0 Å². The fourth-order valence-electron chi connectivity index (χ4n) is 5.43. The van der Waals surface area contributed by atoms with Gasteiger partial charge in [0, 0.05) is 35.3 Å². The van der Waals surface area contributed by atoms with Crippen molar-refractivity contribution in [3.8, 4) is 0 Å². The molecule has 0 bridgehead atoms. The highest BCUT2D eigenvalue weighted by Crippen LogP contribution is 2.20. The summed E-state index contributed by atoms with van der Waals surface area (Å²) >= 11 is 3.13. The number of rotatable bonds is 17. The van der Waals surface area contributed by atoms with E-state index in [2.05, 4.69) is 34.8 Å². The van der Waals surface area contributed by atoms with E-state index < -0.39 is 12.1 Å². The second-order valence-electron chi connectivity index (χ2n) is 13.0. The number of thiophene rings is 1. The van der Waals surface area contributed by atoms with Gasteiger partial charge in [0.25, 0.3) is 0 Å². The van der Waals surface area contributed by atoms with Gasteiger partial charge in [-0.3, -0.25) is 4.79 Å². The van der Waals surface area contributed by atoms with Crippen LogP contribution in [-0.2, 0) is 35.5 Å². The zero-order chi connectivity index (χ0) is 35.2. The molecule has 2 aromatic heterocycles. The summed E-state index contributed by atoms with van der Waals surface area (Å²) in [6.45, 7) is 8.61. The van der Waals surface area contributed by atoms with Crippen molar-refractivity contribution < 1.29 is 19.1 Å². The van der Waals surface area contributed by atoms with Crippen LogP contribution in [0.4, 0.5) is 9.59 Å². The van der Waals surface area contributed by atoms with E-state index in [1.54, 1.807) is 34.6 Å². The van der Waals surface area contributed by atoms with E-state index in [9.17, 15) is 14.4 Å². The molecule has 0 unspecified atom stereocenters. The van der Waals surface area contributed by atoms with Crippen molar-refractivity contribution in [3.05, 3.63) is 110 Å². The predicted molar refractivity (Wildman–Crippen MR) is 198 cm³/mol. The summed E-state index contributed by atoms with van der Waals surface area (Å²) in [4.78, 5) is 47.2. The summed E-state index contributed by atoms with van der Waals surface area (Å²) < 4.78 is 5.53. The maximum absolute atomic E-state index is 13.8. The van der Waals surface area contributed by atoms with Gasteiger partial charge < -0.3 is 25.6 Å². The Morgan fingerprint density at radius 2 is 1.41 bits per heavy atom. The number of ether oxygens (including phenoxy) is 1. The summed E-state index contributed by atoms with van der Waals surface area (Å²) in [6, 6.07) is 22.4. The fraction of sp³-hybridized carbons (Fsp3) is 0.421. The fourth-order valence-corrected chi connectivity index (χ4v) is 6.88. The quantitative estimate of drug-likeness (QED) is 0.105. The summed E-state index contributed by atoms with van der Waals surface area (Å²) in [7, 11) is 1.71. The molecule has 49 heavy (non-hydrogen) atoms. The Balaban J connectivity index is 1.43. The maximum atomic E-state index is 13.8. The lowest BCUT2D eigenvalue weighted by Gasteiger charge is -2.28. The van der Waals surface area contributed by atoms with Crippen molar-refractivity contribution in [2.75, 3.05) is 7.05 Å². The average molecular weight is 704 g/mol. The number of thiazole rings is 1. The molecule has 0 saturated carbocycles. The molecule has 2 aromatic carbocycles. The normalized spacial score (nSPS) is 13.0. The number of amides is 4. The molecule has 0 aliphatic rings. The van der Waals surface area contributed by atoms with Crippen LogP contribution in [0.25, 0.3) is 0 Å². The van der Waals surface area contributed by atoms with Crippen LogP contribution < -0.4 is 16.0 Å². The van der Waals surface area contributed by atoms with Crippen molar-refractivity contribution in [2.24, 2.45) is 5.92 Å². The molecule has 0 aliphatic heterocycles. The zero-order valence-corrected chi connectivity index (χ0v) is 30.7. The first-order chi connectivity index (χ1) is 23.6. The molecule has 262 valence electrons. The summed E-state index contributed by atoms with van der Waals surface area (Å²) in [5, 5.41) is 14.2. The molecule has 4 rings (SSSR count). The van der Waals surface area contributed by atoms with Gasteiger partial charge in [-0.25, -0.2) is 14.6 Å². The number of alkyl carbamates (subject to hydrolysis) is 1. The molecule has 2 heterocycles. The molecule has 9 nitrogen and oxygen atoms in total. The van der Waals surface area contributed by atoms with Gasteiger partial charge in [0.2, 0.25) is 5.91 Å². The van der Waals surface area contributed by atoms with Gasteiger partial charge in [-0.15, -0.1) is 22.7 Å². The Morgan fingerprint density at radius 3 is 1.94 bits per heavy atom. The molecule has 0 radical (unpaired) electrons. The zero-order valence-electron chi connectivity index (χ0n) is 29.1. The maximum Gasteiger partial charge on any atom is 0.407 e. The monoisotopic (exact) mass is 703 g/mol. The minimum Gasteiger partial charge on any atom is -0.444 e. The Kier molecular flexibility index (Phi) is 14.6. The van der Waals surface area contributed by atoms with Gasteiger partial charge in [-0.2, -0.15) is 0 Å². The number of aromatic nitrogens is 1. The lowest BCUT2D eigenvalue weighted by molar-refractivity contribution is -0.124.